The zero-order valence-electron chi connectivity index (χ0n) is 11.9. The summed E-state index contributed by atoms with van der Waals surface area (Å²) in [4.78, 5) is 2.47. The molecule has 1 heterocycles. The molecule has 3 heteroatoms. The minimum Gasteiger partial charge on any atom is -0.320 e. The number of hydrogen-bond donors (Lipinski definition) is 1. The molecule has 0 radical (unpaired) electrons. The standard InChI is InChI=1S/C16H25FN2/c1-2-16(18,14-7-9-15(17)10-8-14)13-19-11-5-3-4-6-12-19/h7-10H,2-6,11-13,18H2,1H3. The smallest absolute Gasteiger partial charge is 0.123 e. The first-order chi connectivity index (χ1) is 9.14. The maximum Gasteiger partial charge on any atom is 0.123 e. The quantitative estimate of drug-likeness (QED) is 0.904. The zero-order valence-corrected chi connectivity index (χ0v) is 11.9. The van der Waals surface area contributed by atoms with Crippen molar-refractivity contribution in [2.75, 3.05) is 19.6 Å². The Hall–Kier alpha value is -0.930. The molecule has 1 unspecified atom stereocenters. The Kier molecular flexibility index (Phi) is 4.94. The molecular weight excluding hydrogens is 239 g/mol. The van der Waals surface area contributed by atoms with Crippen molar-refractivity contribution >= 4 is 0 Å². The van der Waals surface area contributed by atoms with Crippen molar-refractivity contribution in [2.45, 2.75) is 44.6 Å². The molecule has 1 aliphatic heterocycles. The van der Waals surface area contributed by atoms with Gasteiger partial charge < -0.3 is 10.6 Å². The molecule has 0 aliphatic carbocycles. The summed E-state index contributed by atoms with van der Waals surface area (Å²) < 4.78 is 13.0. The predicted octanol–water partition coefficient (Wildman–Crippen LogP) is 3.27. The Balaban J connectivity index is 2.10. The van der Waals surface area contributed by atoms with Crippen molar-refractivity contribution in [1.29, 1.82) is 0 Å². The van der Waals surface area contributed by atoms with E-state index in [0.717, 1.165) is 31.6 Å². The van der Waals surface area contributed by atoms with E-state index in [2.05, 4.69) is 11.8 Å². The number of benzene rings is 1. The van der Waals surface area contributed by atoms with E-state index in [-0.39, 0.29) is 11.4 Å². The SMILES string of the molecule is CCC(N)(CN1CCCCCC1)c1ccc(F)cc1. The molecule has 2 nitrogen and oxygen atoms in total. The second-order valence-electron chi connectivity index (χ2n) is 5.71. The van der Waals surface area contributed by atoms with Crippen LogP contribution in [0.15, 0.2) is 24.3 Å². The molecule has 1 fully saturated rings. The van der Waals surface area contributed by atoms with Crippen LogP contribution < -0.4 is 5.73 Å². The molecule has 0 bridgehead atoms. The Morgan fingerprint density at radius 3 is 2.21 bits per heavy atom. The molecule has 19 heavy (non-hydrogen) atoms. The molecule has 2 rings (SSSR count). The van der Waals surface area contributed by atoms with Gasteiger partial charge in [-0.3, -0.25) is 0 Å². The fraction of sp³-hybridized carbons (Fsp3) is 0.625. The second-order valence-corrected chi connectivity index (χ2v) is 5.71. The van der Waals surface area contributed by atoms with Gasteiger partial charge in [-0.15, -0.1) is 0 Å². The van der Waals surface area contributed by atoms with E-state index < -0.39 is 0 Å². The second kappa shape index (κ2) is 6.49. The van der Waals surface area contributed by atoms with E-state index in [1.54, 1.807) is 0 Å². The van der Waals surface area contributed by atoms with Gasteiger partial charge in [0.15, 0.2) is 0 Å². The molecule has 1 aliphatic rings. The van der Waals surface area contributed by atoms with Crippen LogP contribution in [0.25, 0.3) is 0 Å². The van der Waals surface area contributed by atoms with Crippen molar-refractivity contribution in [3.8, 4) is 0 Å². The fourth-order valence-electron chi connectivity index (χ4n) is 2.88. The van der Waals surface area contributed by atoms with Crippen molar-refractivity contribution in [1.82, 2.24) is 4.90 Å². The first-order valence-corrected chi connectivity index (χ1v) is 7.41. The van der Waals surface area contributed by atoms with Gasteiger partial charge in [0.05, 0.1) is 5.54 Å². The average molecular weight is 264 g/mol. The molecule has 2 N–H and O–H groups in total. The highest BCUT2D eigenvalue weighted by Crippen LogP contribution is 2.25. The lowest BCUT2D eigenvalue weighted by Crippen LogP contribution is -2.47. The van der Waals surface area contributed by atoms with Gasteiger partial charge in [-0.05, 0) is 50.0 Å². The van der Waals surface area contributed by atoms with Gasteiger partial charge in [0.2, 0.25) is 0 Å². The lowest BCUT2D eigenvalue weighted by atomic mass is 9.87. The third-order valence-corrected chi connectivity index (χ3v) is 4.25. The summed E-state index contributed by atoms with van der Waals surface area (Å²) in [6.07, 6.45) is 6.06. The molecule has 1 atom stereocenters. The van der Waals surface area contributed by atoms with Crippen molar-refractivity contribution < 1.29 is 4.39 Å². The minimum atomic E-state index is -0.363. The summed E-state index contributed by atoms with van der Waals surface area (Å²) in [6.45, 7) is 5.26. The monoisotopic (exact) mass is 264 g/mol. The predicted molar refractivity (Wildman–Crippen MR) is 77.5 cm³/mol. The Bertz CT molecular complexity index is 382. The molecule has 0 aromatic heterocycles. The molecular formula is C16H25FN2. The van der Waals surface area contributed by atoms with Crippen LogP contribution in [-0.4, -0.2) is 24.5 Å². The summed E-state index contributed by atoms with van der Waals surface area (Å²) in [5.74, 6) is -0.197. The van der Waals surface area contributed by atoms with Gasteiger partial charge in [-0.1, -0.05) is 31.9 Å². The number of nitrogens with two attached hydrogens (primary N) is 1. The van der Waals surface area contributed by atoms with Gasteiger partial charge >= 0.3 is 0 Å². The summed E-state index contributed by atoms with van der Waals surface area (Å²) >= 11 is 0. The molecule has 0 amide bonds. The van der Waals surface area contributed by atoms with E-state index in [1.807, 2.05) is 12.1 Å². The molecule has 1 aromatic carbocycles. The minimum absolute atomic E-state index is 0.197. The highest BCUT2D eigenvalue weighted by molar-refractivity contribution is 5.25. The maximum absolute atomic E-state index is 13.0. The highest BCUT2D eigenvalue weighted by atomic mass is 19.1. The normalized spacial score (nSPS) is 20.8. The lowest BCUT2D eigenvalue weighted by Gasteiger charge is -2.34. The topological polar surface area (TPSA) is 29.3 Å². The van der Waals surface area contributed by atoms with Crippen LogP contribution in [0.3, 0.4) is 0 Å². The van der Waals surface area contributed by atoms with Gasteiger partial charge in [0.25, 0.3) is 0 Å². The largest absolute Gasteiger partial charge is 0.320 e. The summed E-state index contributed by atoms with van der Waals surface area (Å²) in [7, 11) is 0. The Morgan fingerprint density at radius 1 is 1.11 bits per heavy atom. The van der Waals surface area contributed by atoms with Gasteiger partial charge in [0.1, 0.15) is 5.82 Å². The van der Waals surface area contributed by atoms with E-state index in [9.17, 15) is 4.39 Å². The van der Waals surface area contributed by atoms with E-state index in [1.165, 1.54) is 37.8 Å². The lowest BCUT2D eigenvalue weighted by molar-refractivity contribution is 0.209. The van der Waals surface area contributed by atoms with Crippen LogP contribution >= 0.6 is 0 Å². The first-order valence-electron chi connectivity index (χ1n) is 7.41. The third-order valence-electron chi connectivity index (χ3n) is 4.25. The van der Waals surface area contributed by atoms with Crippen LogP contribution in [0.2, 0.25) is 0 Å². The van der Waals surface area contributed by atoms with Crippen LogP contribution in [0.4, 0.5) is 4.39 Å². The fourth-order valence-corrected chi connectivity index (χ4v) is 2.88. The van der Waals surface area contributed by atoms with E-state index in [0.29, 0.717) is 0 Å². The number of halogens is 1. The van der Waals surface area contributed by atoms with Crippen LogP contribution in [0.1, 0.15) is 44.6 Å². The van der Waals surface area contributed by atoms with Crippen molar-refractivity contribution in [2.24, 2.45) is 5.73 Å². The Labute approximate surface area is 115 Å². The van der Waals surface area contributed by atoms with Crippen molar-refractivity contribution in [3.63, 3.8) is 0 Å². The Morgan fingerprint density at radius 2 is 1.68 bits per heavy atom. The molecule has 1 aromatic rings. The average Bonchev–Trinajstić information content (AvgIpc) is 2.68. The summed E-state index contributed by atoms with van der Waals surface area (Å²) in [6, 6.07) is 6.68. The molecule has 1 saturated heterocycles. The van der Waals surface area contributed by atoms with E-state index >= 15 is 0 Å². The van der Waals surface area contributed by atoms with Crippen LogP contribution in [0.5, 0.6) is 0 Å². The molecule has 106 valence electrons. The summed E-state index contributed by atoms with van der Waals surface area (Å²) in [5, 5.41) is 0. The van der Waals surface area contributed by atoms with Crippen molar-refractivity contribution in [3.05, 3.63) is 35.6 Å². The summed E-state index contributed by atoms with van der Waals surface area (Å²) in [5.41, 5.74) is 7.27. The number of hydrogen-bond acceptors (Lipinski definition) is 2. The molecule has 0 saturated carbocycles. The molecule has 0 spiro atoms. The third kappa shape index (κ3) is 3.77. The number of nitrogens with zero attached hydrogens (tertiary/aromatic N) is 1. The number of rotatable bonds is 4. The van der Waals surface area contributed by atoms with Crippen LogP contribution in [0, 0.1) is 5.82 Å². The van der Waals surface area contributed by atoms with Gasteiger partial charge in [-0.25, -0.2) is 4.39 Å². The maximum atomic E-state index is 13.0. The zero-order chi connectivity index (χ0) is 13.7. The van der Waals surface area contributed by atoms with E-state index in [4.69, 9.17) is 5.73 Å². The van der Waals surface area contributed by atoms with Gasteiger partial charge in [0, 0.05) is 6.54 Å². The highest BCUT2D eigenvalue weighted by Gasteiger charge is 2.28. The first kappa shape index (κ1) is 14.5. The van der Waals surface area contributed by atoms with Gasteiger partial charge in [-0.2, -0.15) is 0 Å². The number of likely N-dealkylation sites (tertiary alicyclic amines) is 1. The van der Waals surface area contributed by atoms with Crippen LogP contribution in [-0.2, 0) is 5.54 Å².